The van der Waals surface area contributed by atoms with Crippen LogP contribution in [0, 0.1) is 5.41 Å². The van der Waals surface area contributed by atoms with Gasteiger partial charge in [0.15, 0.2) is 0 Å². The number of carboxylic acids is 1. The number of carbonyl (C=O) groups excluding carboxylic acids is 1. The average Bonchev–Trinajstić information content (AvgIpc) is 1.95. The third kappa shape index (κ3) is 8.53. The van der Waals surface area contributed by atoms with E-state index >= 15 is 0 Å². The van der Waals surface area contributed by atoms with E-state index in [1.165, 1.54) is 0 Å². The number of carbonyl (C=O) groups is 2. The van der Waals surface area contributed by atoms with Crippen molar-refractivity contribution >= 4 is 11.9 Å². The van der Waals surface area contributed by atoms with Crippen molar-refractivity contribution in [2.45, 2.75) is 33.4 Å². The molecule has 0 atom stereocenters. The van der Waals surface area contributed by atoms with Gasteiger partial charge in [0.25, 0.3) is 0 Å². The zero-order valence-electron chi connectivity index (χ0n) is 9.97. The summed E-state index contributed by atoms with van der Waals surface area (Å²) in [5, 5.41) is 8.47. The van der Waals surface area contributed by atoms with Gasteiger partial charge in [-0.05, 0) is 5.41 Å². The zero-order chi connectivity index (χ0) is 13.9. The van der Waals surface area contributed by atoms with Gasteiger partial charge < -0.3 is 10.0 Å². The van der Waals surface area contributed by atoms with Crippen LogP contribution in [0.5, 0.6) is 0 Å². The van der Waals surface area contributed by atoms with Crippen LogP contribution in [0.2, 0.25) is 0 Å². The first-order chi connectivity index (χ1) is 7.41. The molecule has 0 aromatic carbocycles. The third-order valence-corrected chi connectivity index (χ3v) is 1.73. The number of aliphatic carboxylic acids is 1. The standard InChI is InChI=1S/C10H16F3NO3/c1-9(2,3)4-7(15)14(5-8(16)17)6-10(11,12)13/h4-6H2,1-3H3,(H,16,17). The van der Waals surface area contributed by atoms with Gasteiger partial charge in [-0.2, -0.15) is 13.2 Å². The van der Waals surface area contributed by atoms with Gasteiger partial charge in [-0.25, -0.2) is 0 Å². The lowest BCUT2D eigenvalue weighted by Crippen LogP contribution is -2.43. The Hall–Kier alpha value is -1.27. The molecule has 0 aliphatic rings. The molecule has 1 amide bonds. The predicted molar refractivity (Wildman–Crippen MR) is 54.3 cm³/mol. The quantitative estimate of drug-likeness (QED) is 0.834. The van der Waals surface area contributed by atoms with Gasteiger partial charge in [0.1, 0.15) is 13.1 Å². The molecule has 0 spiro atoms. The molecule has 0 radical (unpaired) electrons. The largest absolute Gasteiger partial charge is 0.480 e. The van der Waals surface area contributed by atoms with Gasteiger partial charge >= 0.3 is 12.1 Å². The summed E-state index contributed by atoms with van der Waals surface area (Å²) in [6, 6.07) is 0. The van der Waals surface area contributed by atoms with Gasteiger partial charge in [0.2, 0.25) is 5.91 Å². The van der Waals surface area contributed by atoms with E-state index < -0.39 is 36.6 Å². The summed E-state index contributed by atoms with van der Waals surface area (Å²) in [5.41, 5.74) is -0.487. The third-order valence-electron chi connectivity index (χ3n) is 1.73. The van der Waals surface area contributed by atoms with Crippen LogP contribution in [0.25, 0.3) is 0 Å². The molecule has 0 heterocycles. The summed E-state index contributed by atoms with van der Waals surface area (Å²) < 4.78 is 36.5. The normalized spacial score (nSPS) is 12.4. The fourth-order valence-electron chi connectivity index (χ4n) is 1.18. The highest BCUT2D eigenvalue weighted by atomic mass is 19.4. The van der Waals surface area contributed by atoms with Crippen molar-refractivity contribution in [2.75, 3.05) is 13.1 Å². The molecule has 17 heavy (non-hydrogen) atoms. The molecule has 0 aliphatic carbocycles. The summed E-state index contributed by atoms with van der Waals surface area (Å²) in [5.74, 6) is -2.27. The Morgan fingerprint density at radius 2 is 1.65 bits per heavy atom. The van der Waals surface area contributed by atoms with E-state index in [4.69, 9.17) is 5.11 Å². The number of alkyl halides is 3. The number of nitrogens with zero attached hydrogens (tertiary/aromatic N) is 1. The van der Waals surface area contributed by atoms with Crippen LogP contribution < -0.4 is 0 Å². The summed E-state index contributed by atoms with van der Waals surface area (Å²) in [6.07, 6.45) is -4.72. The van der Waals surface area contributed by atoms with E-state index in [0.717, 1.165) is 0 Å². The Bertz CT molecular complexity index is 294. The van der Waals surface area contributed by atoms with E-state index in [1.54, 1.807) is 20.8 Å². The lowest BCUT2D eigenvalue weighted by molar-refractivity contribution is -0.166. The molecule has 100 valence electrons. The molecule has 0 aromatic heterocycles. The van der Waals surface area contributed by atoms with Crippen molar-refractivity contribution in [3.8, 4) is 0 Å². The number of halogens is 3. The highest BCUT2D eigenvalue weighted by Crippen LogP contribution is 2.22. The topological polar surface area (TPSA) is 57.6 Å². The van der Waals surface area contributed by atoms with Gasteiger partial charge in [-0.15, -0.1) is 0 Å². The van der Waals surface area contributed by atoms with Gasteiger partial charge in [-0.1, -0.05) is 20.8 Å². The maximum atomic E-state index is 12.2. The molecule has 0 aliphatic heterocycles. The van der Waals surface area contributed by atoms with Crippen LogP contribution in [0.4, 0.5) is 13.2 Å². The minimum Gasteiger partial charge on any atom is -0.480 e. The lowest BCUT2D eigenvalue weighted by Gasteiger charge is -2.26. The number of hydrogen-bond donors (Lipinski definition) is 1. The number of carboxylic acid groups (broad SMARTS) is 1. The van der Waals surface area contributed by atoms with Crippen LogP contribution in [-0.2, 0) is 9.59 Å². The van der Waals surface area contributed by atoms with Crippen molar-refractivity contribution < 1.29 is 27.9 Å². The van der Waals surface area contributed by atoms with Gasteiger partial charge in [0.05, 0.1) is 0 Å². The Morgan fingerprint density at radius 3 is 1.94 bits per heavy atom. The van der Waals surface area contributed by atoms with E-state index in [2.05, 4.69) is 0 Å². The fourth-order valence-corrected chi connectivity index (χ4v) is 1.18. The van der Waals surface area contributed by atoms with Gasteiger partial charge in [0, 0.05) is 6.42 Å². The highest BCUT2D eigenvalue weighted by molar-refractivity contribution is 5.81. The molecule has 0 saturated heterocycles. The monoisotopic (exact) mass is 255 g/mol. The summed E-state index contributed by atoms with van der Waals surface area (Å²) >= 11 is 0. The Balaban J connectivity index is 4.68. The Morgan fingerprint density at radius 1 is 1.18 bits per heavy atom. The smallest absolute Gasteiger partial charge is 0.406 e. The van der Waals surface area contributed by atoms with E-state index in [0.29, 0.717) is 4.90 Å². The maximum absolute atomic E-state index is 12.2. The zero-order valence-corrected chi connectivity index (χ0v) is 9.97. The predicted octanol–water partition coefficient (Wildman–Crippen LogP) is 1.90. The van der Waals surface area contributed by atoms with Crippen molar-refractivity contribution in [2.24, 2.45) is 5.41 Å². The van der Waals surface area contributed by atoms with Crippen LogP contribution in [0.15, 0.2) is 0 Å². The lowest BCUT2D eigenvalue weighted by atomic mass is 9.91. The molecule has 1 N–H and O–H groups in total. The fraction of sp³-hybridized carbons (Fsp3) is 0.800. The van der Waals surface area contributed by atoms with Crippen LogP contribution in [0.1, 0.15) is 27.2 Å². The molecular formula is C10H16F3NO3. The Labute approximate surface area is 97.4 Å². The first-order valence-electron chi connectivity index (χ1n) is 4.97. The summed E-state index contributed by atoms with van der Waals surface area (Å²) in [4.78, 5) is 22.3. The minimum absolute atomic E-state index is 0.129. The van der Waals surface area contributed by atoms with Gasteiger partial charge in [-0.3, -0.25) is 9.59 Å². The second-order valence-electron chi connectivity index (χ2n) is 5.00. The number of hydrogen-bond acceptors (Lipinski definition) is 2. The Kier molecular flexibility index (Phi) is 4.97. The van der Waals surface area contributed by atoms with E-state index in [-0.39, 0.29) is 6.42 Å². The molecule has 0 aromatic rings. The van der Waals surface area contributed by atoms with Crippen LogP contribution in [0.3, 0.4) is 0 Å². The van der Waals surface area contributed by atoms with Crippen molar-refractivity contribution in [1.82, 2.24) is 4.90 Å². The minimum atomic E-state index is -4.59. The molecule has 4 nitrogen and oxygen atoms in total. The maximum Gasteiger partial charge on any atom is 0.406 e. The molecule has 0 rings (SSSR count). The van der Waals surface area contributed by atoms with Crippen molar-refractivity contribution in [3.63, 3.8) is 0 Å². The van der Waals surface area contributed by atoms with E-state index in [1.807, 2.05) is 0 Å². The molecule has 0 unspecified atom stereocenters. The molecular weight excluding hydrogens is 239 g/mol. The number of rotatable bonds is 4. The van der Waals surface area contributed by atoms with Crippen molar-refractivity contribution in [3.05, 3.63) is 0 Å². The molecule has 0 fully saturated rings. The van der Waals surface area contributed by atoms with Crippen LogP contribution >= 0.6 is 0 Å². The molecule has 0 bridgehead atoms. The summed E-state index contributed by atoms with van der Waals surface area (Å²) in [7, 11) is 0. The van der Waals surface area contributed by atoms with Crippen molar-refractivity contribution in [1.29, 1.82) is 0 Å². The average molecular weight is 255 g/mol. The number of amides is 1. The first-order valence-corrected chi connectivity index (χ1v) is 4.97. The summed E-state index contributed by atoms with van der Waals surface area (Å²) in [6.45, 7) is 2.61. The SMILES string of the molecule is CC(C)(C)CC(=O)N(CC(=O)O)CC(F)(F)F. The van der Waals surface area contributed by atoms with Crippen LogP contribution in [-0.4, -0.2) is 41.1 Å². The molecule has 7 heteroatoms. The second-order valence-corrected chi connectivity index (χ2v) is 5.00. The van der Waals surface area contributed by atoms with E-state index in [9.17, 15) is 22.8 Å². The molecule has 0 saturated carbocycles. The highest BCUT2D eigenvalue weighted by Gasteiger charge is 2.34. The second kappa shape index (κ2) is 5.37. The first kappa shape index (κ1) is 15.7.